The number of anilines is 3. The fraction of sp³-hybridized carbons (Fsp3) is 0.567. The lowest BCUT2D eigenvalue weighted by molar-refractivity contribution is 0.102. The van der Waals surface area contributed by atoms with Crippen molar-refractivity contribution in [1.29, 1.82) is 0 Å². The number of pyridine rings is 1. The van der Waals surface area contributed by atoms with E-state index >= 15 is 0 Å². The Morgan fingerprint density at radius 3 is 2.42 bits per heavy atom. The molecule has 3 fully saturated rings. The Morgan fingerprint density at radius 2 is 1.75 bits per heavy atom. The van der Waals surface area contributed by atoms with Crippen LogP contribution in [0.1, 0.15) is 67.8 Å². The van der Waals surface area contributed by atoms with Crippen molar-refractivity contribution >= 4 is 56.1 Å². The summed E-state index contributed by atoms with van der Waals surface area (Å²) in [6, 6.07) is 4.67. The summed E-state index contributed by atoms with van der Waals surface area (Å²) < 4.78 is 0. The van der Waals surface area contributed by atoms with Gasteiger partial charge in [-0.2, -0.15) is 0 Å². The predicted molar refractivity (Wildman–Crippen MR) is 169 cm³/mol. The first-order chi connectivity index (χ1) is 19.4. The molecule has 10 heteroatoms. The maximum absolute atomic E-state index is 13.3. The molecule has 40 heavy (non-hydrogen) atoms. The van der Waals surface area contributed by atoms with Crippen LogP contribution in [0.3, 0.4) is 0 Å². The first-order valence-electron chi connectivity index (χ1n) is 14.7. The minimum absolute atomic E-state index is 0.174. The molecule has 0 atom stereocenters. The van der Waals surface area contributed by atoms with Crippen LogP contribution in [-0.4, -0.2) is 66.1 Å². The first-order valence-corrected chi connectivity index (χ1v) is 16.8. The molecule has 0 aromatic carbocycles. The second-order valence-corrected chi connectivity index (χ2v) is 13.9. The second-order valence-electron chi connectivity index (χ2n) is 11.6. The van der Waals surface area contributed by atoms with Crippen LogP contribution in [0.25, 0.3) is 10.6 Å². The molecular formula is C30H39ClN6OS2. The van der Waals surface area contributed by atoms with Crippen LogP contribution in [0, 0.1) is 12.8 Å². The van der Waals surface area contributed by atoms with Gasteiger partial charge in [-0.25, -0.2) is 9.97 Å². The minimum atomic E-state index is -0.174. The van der Waals surface area contributed by atoms with Crippen LogP contribution in [0.15, 0.2) is 23.7 Å². The highest BCUT2D eigenvalue weighted by atomic mass is 35.5. The van der Waals surface area contributed by atoms with Crippen LogP contribution < -0.4 is 15.1 Å². The number of nitrogens with zero attached hydrogens (tertiary/aromatic N) is 5. The molecular weight excluding hydrogens is 560 g/mol. The third kappa shape index (κ3) is 6.17. The van der Waals surface area contributed by atoms with Gasteiger partial charge in [-0.05, 0) is 56.2 Å². The predicted octanol–water partition coefficient (Wildman–Crippen LogP) is 7.17. The fourth-order valence-corrected chi connectivity index (χ4v) is 8.48. The Morgan fingerprint density at radius 1 is 1.00 bits per heavy atom. The number of nitrogens with one attached hydrogen (secondary N) is 1. The lowest BCUT2D eigenvalue weighted by Crippen LogP contribution is -2.50. The maximum atomic E-state index is 13.3. The number of piperidine rings is 1. The summed E-state index contributed by atoms with van der Waals surface area (Å²) in [5.41, 5.74) is 2.50. The summed E-state index contributed by atoms with van der Waals surface area (Å²) >= 11 is 9.46. The summed E-state index contributed by atoms with van der Waals surface area (Å²) in [5, 5.41) is 7.46. The molecule has 0 radical (unpaired) electrons. The maximum Gasteiger partial charge on any atom is 0.259 e. The number of aryl methyl sites for hydroxylation is 1. The third-order valence-corrected chi connectivity index (χ3v) is 11.0. The van der Waals surface area contributed by atoms with Gasteiger partial charge in [0.25, 0.3) is 5.91 Å². The zero-order valence-corrected chi connectivity index (χ0v) is 25.9. The molecule has 1 N–H and O–H groups in total. The molecule has 0 spiro atoms. The molecule has 3 aliphatic rings. The summed E-state index contributed by atoms with van der Waals surface area (Å²) in [6.07, 6.45) is 10.9. The van der Waals surface area contributed by atoms with Crippen LogP contribution in [0.2, 0.25) is 5.02 Å². The van der Waals surface area contributed by atoms with Crippen molar-refractivity contribution < 1.29 is 4.79 Å². The number of piperazine rings is 1. The van der Waals surface area contributed by atoms with Crippen LogP contribution in [-0.2, 0) is 0 Å². The quantitative estimate of drug-likeness (QED) is 0.324. The molecule has 214 valence electrons. The molecule has 5 heterocycles. The van der Waals surface area contributed by atoms with Gasteiger partial charge in [-0.1, -0.05) is 49.1 Å². The van der Waals surface area contributed by atoms with Gasteiger partial charge in [-0.15, -0.1) is 11.3 Å². The lowest BCUT2D eigenvalue weighted by Gasteiger charge is -2.41. The topological polar surface area (TPSA) is 64.6 Å². The average molecular weight is 599 g/mol. The zero-order chi connectivity index (χ0) is 27.6. The summed E-state index contributed by atoms with van der Waals surface area (Å²) in [6.45, 7) is 10.5. The lowest BCUT2D eigenvalue weighted by atomic mass is 9.94. The Kier molecular flexibility index (Phi) is 8.63. The molecule has 1 aliphatic carbocycles. The smallest absolute Gasteiger partial charge is 0.259 e. The van der Waals surface area contributed by atoms with E-state index in [1.165, 1.54) is 44.9 Å². The molecule has 2 saturated heterocycles. The van der Waals surface area contributed by atoms with E-state index < -0.39 is 0 Å². The number of rotatable bonds is 6. The van der Waals surface area contributed by atoms with E-state index in [1.54, 1.807) is 28.9 Å². The van der Waals surface area contributed by atoms with Crippen molar-refractivity contribution in [2.24, 2.45) is 5.92 Å². The highest BCUT2D eigenvalue weighted by Gasteiger charge is 2.29. The van der Waals surface area contributed by atoms with E-state index in [9.17, 15) is 4.79 Å². The Balaban J connectivity index is 1.18. The van der Waals surface area contributed by atoms with Gasteiger partial charge in [0.2, 0.25) is 0 Å². The molecule has 0 unspecified atom stereocenters. The number of hydrogen-bond donors (Lipinski definition) is 1. The fourth-order valence-electron chi connectivity index (χ4n) is 6.33. The molecule has 3 aromatic heterocycles. The number of halogens is 1. The summed E-state index contributed by atoms with van der Waals surface area (Å²) in [5.74, 6) is 1.58. The standard InChI is InChI=1S/C30H39ClN6OS2/c1-20-8-10-36(11-9-20)27-21(2)16-22(18-32-27)28(38)34-30-33-26(25-17-23(31)19-39-25)29(40-30)37-14-12-35(13-15-37)24-6-4-3-5-7-24/h16-20,24H,3-15H2,1-2H3,(H,33,34,38). The van der Waals surface area contributed by atoms with Gasteiger partial charge < -0.3 is 9.80 Å². The third-order valence-electron chi connectivity index (χ3n) is 8.72. The van der Waals surface area contributed by atoms with Gasteiger partial charge in [0.1, 0.15) is 16.5 Å². The largest absolute Gasteiger partial charge is 0.359 e. The number of hydrogen-bond acceptors (Lipinski definition) is 8. The molecule has 1 amide bonds. The molecule has 3 aromatic rings. The minimum Gasteiger partial charge on any atom is -0.359 e. The number of thiazole rings is 1. The summed E-state index contributed by atoms with van der Waals surface area (Å²) in [7, 11) is 0. The Hall–Kier alpha value is -2.20. The van der Waals surface area contributed by atoms with Crippen LogP contribution in [0.5, 0.6) is 0 Å². The van der Waals surface area contributed by atoms with E-state index in [0.717, 1.165) is 83.2 Å². The van der Waals surface area contributed by atoms with Gasteiger partial charge in [-0.3, -0.25) is 15.0 Å². The Labute approximate surface area is 250 Å². The number of thiophene rings is 1. The Bertz CT molecular complexity index is 1320. The van der Waals surface area contributed by atoms with E-state index in [1.807, 2.05) is 24.4 Å². The molecule has 0 bridgehead atoms. The second kappa shape index (κ2) is 12.3. The number of carbonyl (C=O) groups is 1. The molecule has 6 rings (SSSR count). The van der Waals surface area contributed by atoms with E-state index in [4.69, 9.17) is 21.6 Å². The van der Waals surface area contributed by atoms with Gasteiger partial charge in [0.05, 0.1) is 15.5 Å². The van der Waals surface area contributed by atoms with Crippen molar-refractivity contribution in [2.75, 3.05) is 54.4 Å². The van der Waals surface area contributed by atoms with Crippen LogP contribution in [0.4, 0.5) is 16.0 Å². The van der Waals surface area contributed by atoms with E-state index in [2.05, 4.69) is 26.9 Å². The SMILES string of the molecule is Cc1cc(C(=O)Nc2nc(-c3cc(Cl)cs3)c(N3CCN(C4CCCCC4)CC3)s2)cnc1N1CCC(C)CC1. The number of amides is 1. The van der Waals surface area contributed by atoms with Gasteiger partial charge in [0.15, 0.2) is 5.13 Å². The highest BCUT2D eigenvalue weighted by molar-refractivity contribution is 7.21. The van der Waals surface area contributed by atoms with Gasteiger partial charge in [0, 0.05) is 56.9 Å². The van der Waals surface area contributed by atoms with Crippen molar-refractivity contribution in [3.8, 4) is 10.6 Å². The monoisotopic (exact) mass is 598 g/mol. The van der Waals surface area contributed by atoms with Crippen molar-refractivity contribution in [1.82, 2.24) is 14.9 Å². The molecule has 1 saturated carbocycles. The average Bonchev–Trinajstić information content (AvgIpc) is 3.60. The number of carbonyl (C=O) groups excluding carboxylic acids is 1. The van der Waals surface area contributed by atoms with Crippen molar-refractivity contribution in [3.05, 3.63) is 39.9 Å². The molecule has 2 aliphatic heterocycles. The first kappa shape index (κ1) is 27.9. The molecule has 7 nitrogen and oxygen atoms in total. The van der Waals surface area contributed by atoms with E-state index in [0.29, 0.717) is 10.7 Å². The van der Waals surface area contributed by atoms with Crippen LogP contribution >= 0.6 is 34.3 Å². The highest BCUT2D eigenvalue weighted by Crippen LogP contribution is 2.42. The van der Waals surface area contributed by atoms with E-state index in [-0.39, 0.29) is 5.91 Å². The zero-order valence-electron chi connectivity index (χ0n) is 23.5. The number of aromatic nitrogens is 2. The normalized spacial score (nSPS) is 19.8. The van der Waals surface area contributed by atoms with Gasteiger partial charge >= 0.3 is 0 Å². The van der Waals surface area contributed by atoms with Crippen molar-refractivity contribution in [2.45, 2.75) is 64.8 Å². The summed E-state index contributed by atoms with van der Waals surface area (Å²) in [4.78, 5) is 31.4. The van der Waals surface area contributed by atoms with Crippen molar-refractivity contribution in [3.63, 3.8) is 0 Å².